The summed E-state index contributed by atoms with van der Waals surface area (Å²) in [6.07, 6.45) is 2.89. The first-order valence-electron chi connectivity index (χ1n) is 6.82. The number of nitro benzene ring substituents is 2. The average Bonchev–Trinajstić information content (AvgIpc) is 2.95. The first-order valence-corrected chi connectivity index (χ1v) is 6.82. The summed E-state index contributed by atoms with van der Waals surface area (Å²) in [6.45, 7) is 0. The number of rotatable bonds is 4. The number of ether oxygens (including phenoxy) is 1. The molecule has 1 aromatic heterocycles. The number of benzene rings is 1. The van der Waals surface area contributed by atoms with Crippen LogP contribution in [0.1, 0.15) is 11.3 Å². The highest BCUT2D eigenvalue weighted by atomic mass is 16.6. The highest BCUT2D eigenvalue weighted by Crippen LogP contribution is 2.28. The van der Waals surface area contributed by atoms with Crippen molar-refractivity contribution in [2.45, 2.75) is 0 Å². The van der Waals surface area contributed by atoms with Gasteiger partial charge in [-0.1, -0.05) is 6.07 Å². The summed E-state index contributed by atoms with van der Waals surface area (Å²) in [5.41, 5.74) is -0.795. The maximum atomic E-state index is 11.9. The standard InChI is InChI=1S/C15H8N4O6/c20-15-12(7-9-3-1-2-6-16-9)17-14(25-15)11-5-4-10(18(21)22)8-13(11)19(23)24/h1-8H. The molecule has 0 radical (unpaired) electrons. The summed E-state index contributed by atoms with van der Waals surface area (Å²) in [4.78, 5) is 40.2. The minimum Gasteiger partial charge on any atom is -0.402 e. The molecule has 0 N–H and O–H groups in total. The zero-order valence-electron chi connectivity index (χ0n) is 12.4. The number of hydrogen-bond donors (Lipinski definition) is 0. The maximum absolute atomic E-state index is 11.9. The number of carbonyl (C=O) groups excluding carboxylic acids is 1. The predicted octanol–water partition coefficient (Wildman–Crippen LogP) is 2.24. The van der Waals surface area contributed by atoms with Crippen LogP contribution in [0.5, 0.6) is 0 Å². The molecule has 2 aromatic rings. The Labute approximate surface area is 139 Å². The second-order valence-electron chi connectivity index (χ2n) is 4.81. The van der Waals surface area contributed by atoms with Gasteiger partial charge in [-0.3, -0.25) is 25.2 Å². The van der Waals surface area contributed by atoms with Crippen LogP contribution >= 0.6 is 0 Å². The van der Waals surface area contributed by atoms with Crippen molar-refractivity contribution < 1.29 is 19.4 Å². The molecule has 1 aliphatic rings. The number of nitro groups is 2. The van der Waals surface area contributed by atoms with Crippen molar-refractivity contribution in [2.24, 2.45) is 4.99 Å². The lowest BCUT2D eigenvalue weighted by Crippen LogP contribution is -2.08. The van der Waals surface area contributed by atoms with E-state index >= 15 is 0 Å². The number of nitrogens with zero attached hydrogens (tertiary/aromatic N) is 4. The fourth-order valence-corrected chi connectivity index (χ4v) is 2.09. The fraction of sp³-hybridized carbons (Fsp3) is 0. The van der Waals surface area contributed by atoms with Crippen LogP contribution in [-0.2, 0) is 9.53 Å². The topological polar surface area (TPSA) is 138 Å². The van der Waals surface area contributed by atoms with Crippen molar-refractivity contribution in [3.8, 4) is 0 Å². The van der Waals surface area contributed by atoms with Crippen LogP contribution in [0.25, 0.3) is 6.08 Å². The minimum atomic E-state index is -0.806. The number of esters is 1. The molecule has 10 heteroatoms. The minimum absolute atomic E-state index is 0.0821. The third-order valence-electron chi connectivity index (χ3n) is 3.21. The SMILES string of the molecule is O=C1OC(c2ccc([N+](=O)[O-])cc2[N+](=O)[O-])=NC1=Cc1ccccn1. The lowest BCUT2D eigenvalue weighted by molar-refractivity contribution is -0.394. The van der Waals surface area contributed by atoms with Crippen molar-refractivity contribution in [1.82, 2.24) is 4.98 Å². The lowest BCUT2D eigenvalue weighted by Gasteiger charge is -2.01. The molecule has 1 aliphatic heterocycles. The van der Waals surface area contributed by atoms with E-state index in [2.05, 4.69) is 9.98 Å². The van der Waals surface area contributed by atoms with Gasteiger partial charge in [-0.15, -0.1) is 0 Å². The van der Waals surface area contributed by atoms with Gasteiger partial charge in [0.15, 0.2) is 5.70 Å². The van der Waals surface area contributed by atoms with Gasteiger partial charge in [-0.2, -0.15) is 0 Å². The number of non-ortho nitro benzene ring substituents is 1. The maximum Gasteiger partial charge on any atom is 0.363 e. The summed E-state index contributed by atoms with van der Waals surface area (Å²) in [5, 5.41) is 21.9. The Kier molecular flexibility index (Phi) is 4.00. The molecule has 124 valence electrons. The Morgan fingerprint density at radius 2 is 1.88 bits per heavy atom. The molecule has 0 spiro atoms. The fourth-order valence-electron chi connectivity index (χ4n) is 2.09. The Hall–Kier alpha value is -3.95. The van der Waals surface area contributed by atoms with Gasteiger partial charge < -0.3 is 4.74 Å². The van der Waals surface area contributed by atoms with Crippen molar-refractivity contribution in [3.63, 3.8) is 0 Å². The van der Waals surface area contributed by atoms with Gasteiger partial charge >= 0.3 is 5.97 Å². The van der Waals surface area contributed by atoms with Crippen LogP contribution in [-0.4, -0.2) is 26.7 Å². The number of cyclic esters (lactones) is 1. The Morgan fingerprint density at radius 3 is 2.52 bits per heavy atom. The molecule has 0 saturated heterocycles. The summed E-state index contributed by atoms with van der Waals surface area (Å²) in [7, 11) is 0. The van der Waals surface area contributed by atoms with Crippen LogP contribution in [0, 0.1) is 20.2 Å². The van der Waals surface area contributed by atoms with E-state index in [0.717, 1.165) is 18.2 Å². The van der Waals surface area contributed by atoms with E-state index in [4.69, 9.17) is 4.74 Å². The van der Waals surface area contributed by atoms with Crippen LogP contribution in [0.3, 0.4) is 0 Å². The van der Waals surface area contributed by atoms with E-state index in [1.807, 2.05) is 0 Å². The van der Waals surface area contributed by atoms with Crippen molar-refractivity contribution in [1.29, 1.82) is 0 Å². The van der Waals surface area contributed by atoms with Gasteiger partial charge in [0.25, 0.3) is 11.4 Å². The summed E-state index contributed by atoms with van der Waals surface area (Å²) < 4.78 is 4.96. The molecule has 0 saturated carbocycles. The quantitative estimate of drug-likeness (QED) is 0.360. The molecule has 1 aromatic carbocycles. The van der Waals surface area contributed by atoms with E-state index < -0.39 is 27.2 Å². The zero-order valence-corrected chi connectivity index (χ0v) is 12.4. The second-order valence-corrected chi connectivity index (χ2v) is 4.81. The summed E-state index contributed by atoms with van der Waals surface area (Å²) >= 11 is 0. The van der Waals surface area contributed by atoms with Crippen molar-refractivity contribution in [2.75, 3.05) is 0 Å². The normalized spacial score (nSPS) is 15.0. The van der Waals surface area contributed by atoms with Gasteiger partial charge in [-0.25, -0.2) is 9.79 Å². The van der Waals surface area contributed by atoms with Crippen LogP contribution in [0.2, 0.25) is 0 Å². The number of aliphatic imine (C=N–C) groups is 1. The van der Waals surface area contributed by atoms with Crippen LogP contribution < -0.4 is 0 Å². The van der Waals surface area contributed by atoms with Gasteiger partial charge in [0, 0.05) is 12.3 Å². The molecular formula is C15H8N4O6. The molecule has 0 unspecified atom stereocenters. The van der Waals surface area contributed by atoms with E-state index in [1.54, 1.807) is 18.2 Å². The number of hydrogen-bond acceptors (Lipinski definition) is 8. The van der Waals surface area contributed by atoms with E-state index in [0.29, 0.717) is 5.69 Å². The van der Waals surface area contributed by atoms with Gasteiger partial charge in [-0.05, 0) is 24.3 Å². The first kappa shape index (κ1) is 15.9. The van der Waals surface area contributed by atoms with E-state index in [9.17, 15) is 25.0 Å². The zero-order chi connectivity index (χ0) is 18.0. The van der Waals surface area contributed by atoms with E-state index in [-0.39, 0.29) is 17.2 Å². The van der Waals surface area contributed by atoms with Crippen molar-refractivity contribution >= 4 is 29.3 Å². The highest BCUT2D eigenvalue weighted by Gasteiger charge is 2.30. The molecule has 2 heterocycles. The molecule has 0 atom stereocenters. The number of carbonyl (C=O) groups is 1. The molecule has 0 aliphatic carbocycles. The third-order valence-corrected chi connectivity index (χ3v) is 3.21. The van der Waals surface area contributed by atoms with Gasteiger partial charge in [0.2, 0.25) is 5.90 Å². The molecule has 25 heavy (non-hydrogen) atoms. The largest absolute Gasteiger partial charge is 0.402 e. The van der Waals surface area contributed by atoms with Gasteiger partial charge in [0.05, 0.1) is 21.6 Å². The molecule has 10 nitrogen and oxygen atoms in total. The summed E-state index contributed by atoms with van der Waals surface area (Å²) in [6, 6.07) is 8.02. The van der Waals surface area contributed by atoms with E-state index in [1.165, 1.54) is 12.3 Å². The van der Waals surface area contributed by atoms with Crippen LogP contribution in [0.4, 0.5) is 11.4 Å². The Balaban J connectivity index is 2.04. The predicted molar refractivity (Wildman–Crippen MR) is 84.6 cm³/mol. The summed E-state index contributed by atoms with van der Waals surface area (Å²) in [5.74, 6) is -1.10. The van der Waals surface area contributed by atoms with Crippen molar-refractivity contribution in [3.05, 3.63) is 79.8 Å². The number of pyridine rings is 1. The van der Waals surface area contributed by atoms with Gasteiger partial charge in [0.1, 0.15) is 5.56 Å². The number of aromatic nitrogens is 1. The smallest absolute Gasteiger partial charge is 0.363 e. The molecular weight excluding hydrogens is 332 g/mol. The van der Waals surface area contributed by atoms with Crippen LogP contribution in [0.15, 0.2) is 53.3 Å². The lowest BCUT2D eigenvalue weighted by atomic mass is 10.1. The molecule has 0 fully saturated rings. The molecule has 3 rings (SSSR count). The highest BCUT2D eigenvalue weighted by molar-refractivity contribution is 6.14. The monoisotopic (exact) mass is 340 g/mol. The molecule has 0 amide bonds. The average molecular weight is 340 g/mol. The first-order chi connectivity index (χ1) is 12.0. The Morgan fingerprint density at radius 1 is 1.08 bits per heavy atom. The third kappa shape index (κ3) is 3.22. The Bertz CT molecular complexity index is 952. The second kappa shape index (κ2) is 6.28. The molecule has 0 bridgehead atoms.